The summed E-state index contributed by atoms with van der Waals surface area (Å²) in [6.07, 6.45) is 10.6. The molecule has 90 valence electrons. The van der Waals surface area contributed by atoms with Crippen LogP contribution in [0.2, 0.25) is 0 Å². The number of amides is 1. The number of carbonyl (C=O) groups excluding carboxylic acids is 1. The second kappa shape index (κ2) is 4.14. The molecule has 18 heavy (non-hydrogen) atoms. The Morgan fingerprint density at radius 3 is 3.06 bits per heavy atom. The maximum absolute atomic E-state index is 11.1. The summed E-state index contributed by atoms with van der Waals surface area (Å²) >= 11 is 0. The zero-order chi connectivity index (χ0) is 12.5. The first-order valence-corrected chi connectivity index (χ1v) is 5.82. The van der Waals surface area contributed by atoms with Gasteiger partial charge in [-0.25, -0.2) is 4.98 Å². The van der Waals surface area contributed by atoms with Crippen molar-refractivity contribution in [1.82, 2.24) is 9.55 Å². The van der Waals surface area contributed by atoms with Crippen LogP contribution in [0.25, 0.3) is 6.08 Å². The largest absolute Gasteiger partial charge is 0.366 e. The third-order valence-corrected chi connectivity index (χ3v) is 3.27. The fraction of sp³-hybridized carbons (Fsp3) is 0.143. The van der Waals surface area contributed by atoms with Crippen molar-refractivity contribution in [2.24, 2.45) is 5.73 Å². The van der Waals surface area contributed by atoms with Crippen molar-refractivity contribution in [3.8, 4) is 0 Å². The van der Waals surface area contributed by atoms with Crippen LogP contribution in [0.3, 0.4) is 0 Å². The molecule has 0 fully saturated rings. The van der Waals surface area contributed by atoms with Gasteiger partial charge < -0.3 is 10.3 Å². The Balaban J connectivity index is 1.93. The number of carbonyl (C=O) groups is 1. The Morgan fingerprint density at radius 1 is 1.44 bits per heavy atom. The van der Waals surface area contributed by atoms with Gasteiger partial charge in [0.1, 0.15) is 0 Å². The number of fused-ring (bicyclic) bond motifs is 1. The Morgan fingerprint density at radius 2 is 2.33 bits per heavy atom. The van der Waals surface area contributed by atoms with Gasteiger partial charge in [0.05, 0.1) is 12.4 Å². The molecule has 0 saturated carbocycles. The van der Waals surface area contributed by atoms with Gasteiger partial charge in [-0.3, -0.25) is 4.79 Å². The van der Waals surface area contributed by atoms with E-state index in [4.69, 9.17) is 5.73 Å². The highest BCUT2D eigenvalue weighted by Gasteiger charge is 2.15. The lowest BCUT2D eigenvalue weighted by Crippen LogP contribution is -2.14. The molecule has 1 amide bonds. The van der Waals surface area contributed by atoms with Gasteiger partial charge in [0.2, 0.25) is 5.91 Å². The van der Waals surface area contributed by atoms with Gasteiger partial charge in [-0.1, -0.05) is 18.2 Å². The Kier molecular flexibility index (Phi) is 2.48. The molecule has 0 bridgehead atoms. The summed E-state index contributed by atoms with van der Waals surface area (Å²) in [5.41, 5.74) is 8.13. The first-order valence-electron chi connectivity index (χ1n) is 5.82. The molecular weight excluding hydrogens is 226 g/mol. The van der Waals surface area contributed by atoms with E-state index in [-0.39, 0.29) is 5.91 Å². The summed E-state index contributed by atoms with van der Waals surface area (Å²) in [6, 6.07) is 5.89. The highest BCUT2D eigenvalue weighted by atomic mass is 16.1. The van der Waals surface area contributed by atoms with Crippen LogP contribution < -0.4 is 5.73 Å². The first-order chi connectivity index (χ1) is 8.74. The van der Waals surface area contributed by atoms with Gasteiger partial charge in [0, 0.05) is 18.0 Å². The van der Waals surface area contributed by atoms with E-state index in [9.17, 15) is 4.79 Å². The third-order valence-electron chi connectivity index (χ3n) is 3.27. The highest BCUT2D eigenvalue weighted by Crippen LogP contribution is 2.26. The number of hydrogen-bond donors (Lipinski definition) is 1. The van der Waals surface area contributed by atoms with E-state index in [1.165, 1.54) is 5.56 Å². The van der Waals surface area contributed by atoms with Gasteiger partial charge >= 0.3 is 0 Å². The van der Waals surface area contributed by atoms with Gasteiger partial charge in [-0.2, -0.15) is 0 Å². The third kappa shape index (κ3) is 1.82. The summed E-state index contributed by atoms with van der Waals surface area (Å²) in [5, 5.41) is 0. The number of imidazole rings is 1. The number of nitrogens with two attached hydrogens (primary N) is 1. The molecule has 0 saturated heterocycles. The van der Waals surface area contributed by atoms with E-state index in [0.717, 1.165) is 12.0 Å². The molecule has 0 spiro atoms. The molecule has 1 heterocycles. The molecule has 1 aromatic heterocycles. The van der Waals surface area contributed by atoms with Crippen LogP contribution in [-0.4, -0.2) is 15.5 Å². The van der Waals surface area contributed by atoms with Crippen molar-refractivity contribution in [3.63, 3.8) is 0 Å². The van der Waals surface area contributed by atoms with Crippen LogP contribution in [-0.2, 0) is 6.42 Å². The van der Waals surface area contributed by atoms with Crippen LogP contribution in [0.5, 0.6) is 0 Å². The van der Waals surface area contributed by atoms with Crippen molar-refractivity contribution in [3.05, 3.63) is 59.7 Å². The molecule has 1 aliphatic rings. The van der Waals surface area contributed by atoms with E-state index in [1.807, 2.05) is 30.7 Å². The highest BCUT2D eigenvalue weighted by molar-refractivity contribution is 5.93. The minimum Gasteiger partial charge on any atom is -0.366 e. The maximum atomic E-state index is 11.1. The molecule has 1 aromatic carbocycles. The topological polar surface area (TPSA) is 60.9 Å². The normalized spacial score (nSPS) is 17.4. The number of allylic oxidation sites excluding steroid dienone is 1. The van der Waals surface area contributed by atoms with E-state index in [0.29, 0.717) is 11.6 Å². The van der Waals surface area contributed by atoms with E-state index in [1.54, 1.807) is 12.3 Å². The lowest BCUT2D eigenvalue weighted by Gasteiger charge is -2.20. The second-order valence-corrected chi connectivity index (χ2v) is 4.42. The number of benzene rings is 1. The fourth-order valence-electron chi connectivity index (χ4n) is 2.27. The van der Waals surface area contributed by atoms with E-state index < -0.39 is 0 Å². The standard InChI is InChI=1S/C14H13N3O/c15-14(18)12-2-1-11-8-13(4-3-10(11)7-12)17-6-5-16-9-17/h1-7,9,13H,8H2,(H2,15,18). The van der Waals surface area contributed by atoms with Crippen molar-refractivity contribution < 1.29 is 4.79 Å². The molecule has 4 nitrogen and oxygen atoms in total. The molecule has 0 radical (unpaired) electrons. The summed E-state index contributed by atoms with van der Waals surface area (Å²) in [6.45, 7) is 0. The first kappa shape index (κ1) is 10.8. The molecule has 3 rings (SSSR count). The summed E-state index contributed by atoms with van der Waals surface area (Å²) in [5.74, 6) is -0.386. The lowest BCUT2D eigenvalue weighted by molar-refractivity contribution is 0.100. The van der Waals surface area contributed by atoms with E-state index in [2.05, 4.69) is 15.6 Å². The number of rotatable bonds is 2. The summed E-state index contributed by atoms with van der Waals surface area (Å²) in [4.78, 5) is 15.2. The van der Waals surface area contributed by atoms with Crippen molar-refractivity contribution in [2.45, 2.75) is 12.5 Å². The fourth-order valence-corrected chi connectivity index (χ4v) is 2.27. The number of primary amides is 1. The van der Waals surface area contributed by atoms with Gasteiger partial charge in [0.25, 0.3) is 0 Å². The predicted octanol–water partition coefficient (Wildman–Crippen LogP) is 1.79. The minimum absolute atomic E-state index is 0.291. The molecule has 1 aliphatic carbocycles. The van der Waals surface area contributed by atoms with Gasteiger partial charge in [-0.05, 0) is 29.7 Å². The van der Waals surface area contributed by atoms with Crippen LogP contribution in [0.1, 0.15) is 27.5 Å². The average Bonchev–Trinajstić information content (AvgIpc) is 2.91. The maximum Gasteiger partial charge on any atom is 0.248 e. The Labute approximate surface area is 105 Å². The Hall–Kier alpha value is -2.36. The number of hydrogen-bond acceptors (Lipinski definition) is 2. The lowest BCUT2D eigenvalue weighted by atomic mass is 9.92. The SMILES string of the molecule is NC(=O)c1ccc2c(c1)C=CC(n1ccnc1)C2. The van der Waals surface area contributed by atoms with Crippen LogP contribution in [0.4, 0.5) is 0 Å². The van der Waals surface area contributed by atoms with Crippen molar-refractivity contribution in [2.75, 3.05) is 0 Å². The zero-order valence-corrected chi connectivity index (χ0v) is 9.78. The van der Waals surface area contributed by atoms with Crippen LogP contribution in [0.15, 0.2) is 43.0 Å². The Bertz CT molecular complexity index is 614. The predicted molar refractivity (Wildman–Crippen MR) is 69.0 cm³/mol. The molecule has 0 aliphatic heterocycles. The number of aromatic nitrogens is 2. The summed E-state index contributed by atoms with van der Waals surface area (Å²) < 4.78 is 2.07. The summed E-state index contributed by atoms with van der Waals surface area (Å²) in [7, 11) is 0. The van der Waals surface area contributed by atoms with Crippen LogP contribution >= 0.6 is 0 Å². The van der Waals surface area contributed by atoms with Gasteiger partial charge in [-0.15, -0.1) is 0 Å². The molecule has 1 unspecified atom stereocenters. The quantitative estimate of drug-likeness (QED) is 0.868. The van der Waals surface area contributed by atoms with E-state index >= 15 is 0 Å². The van der Waals surface area contributed by atoms with Crippen molar-refractivity contribution in [1.29, 1.82) is 0 Å². The van der Waals surface area contributed by atoms with Crippen LogP contribution in [0, 0.1) is 0 Å². The van der Waals surface area contributed by atoms with Gasteiger partial charge in [0.15, 0.2) is 0 Å². The monoisotopic (exact) mass is 239 g/mol. The average molecular weight is 239 g/mol. The minimum atomic E-state index is -0.386. The molecule has 1 atom stereocenters. The van der Waals surface area contributed by atoms with Crippen molar-refractivity contribution >= 4 is 12.0 Å². The molecule has 4 heteroatoms. The second-order valence-electron chi connectivity index (χ2n) is 4.42. The molecule has 2 aromatic rings. The zero-order valence-electron chi connectivity index (χ0n) is 9.78. The molecular formula is C14H13N3O. The number of nitrogens with zero attached hydrogens (tertiary/aromatic N) is 2. The molecule has 2 N–H and O–H groups in total. The smallest absolute Gasteiger partial charge is 0.248 e.